The second kappa shape index (κ2) is 9.05. The summed E-state index contributed by atoms with van der Waals surface area (Å²) >= 11 is 0. The van der Waals surface area contributed by atoms with Crippen LogP contribution in [0.4, 0.5) is 5.82 Å². The molecule has 0 bridgehead atoms. The van der Waals surface area contributed by atoms with Crippen molar-refractivity contribution in [3.8, 4) is 11.5 Å². The summed E-state index contributed by atoms with van der Waals surface area (Å²) < 4.78 is 16.1. The number of morpholine rings is 1. The molecule has 1 amide bonds. The van der Waals surface area contributed by atoms with Gasteiger partial charge in [0.05, 0.1) is 39.2 Å². The van der Waals surface area contributed by atoms with Crippen molar-refractivity contribution in [3.63, 3.8) is 0 Å². The standard InChI is InChI=1S/C22H24N4O5/c1-29-18-9-5-6-15(20(18)30-2)14-19(27)23-26-22(28)17-8-4-3-7-16(17)21(24-26)25-10-12-31-13-11-25/h3-9H,10-14H2,1-2H3,(H,23,27). The first-order chi connectivity index (χ1) is 15.1. The average molecular weight is 424 g/mol. The van der Waals surface area contributed by atoms with Gasteiger partial charge in [0.1, 0.15) is 0 Å². The predicted molar refractivity (Wildman–Crippen MR) is 117 cm³/mol. The molecule has 0 aliphatic carbocycles. The van der Waals surface area contributed by atoms with Crippen LogP contribution in [0.25, 0.3) is 10.8 Å². The maximum absolute atomic E-state index is 13.0. The molecule has 0 radical (unpaired) electrons. The monoisotopic (exact) mass is 424 g/mol. The van der Waals surface area contributed by atoms with Gasteiger partial charge in [-0.15, -0.1) is 9.89 Å². The molecule has 1 saturated heterocycles. The minimum atomic E-state index is -0.399. The Morgan fingerprint density at radius 2 is 1.81 bits per heavy atom. The van der Waals surface area contributed by atoms with Gasteiger partial charge in [0.2, 0.25) is 5.91 Å². The predicted octanol–water partition coefficient (Wildman–Crippen LogP) is 1.56. The number of rotatable bonds is 6. The van der Waals surface area contributed by atoms with E-state index in [-0.39, 0.29) is 6.42 Å². The molecule has 1 N–H and O–H groups in total. The Balaban J connectivity index is 1.66. The van der Waals surface area contributed by atoms with Crippen molar-refractivity contribution in [3.05, 3.63) is 58.4 Å². The van der Waals surface area contributed by atoms with Crippen molar-refractivity contribution < 1.29 is 19.0 Å². The molecule has 2 heterocycles. The van der Waals surface area contributed by atoms with Crippen molar-refractivity contribution in [1.29, 1.82) is 0 Å². The van der Waals surface area contributed by atoms with E-state index in [0.29, 0.717) is 54.6 Å². The zero-order chi connectivity index (χ0) is 21.8. The van der Waals surface area contributed by atoms with Gasteiger partial charge in [-0.05, 0) is 12.1 Å². The topological polar surface area (TPSA) is 94.9 Å². The molecule has 9 heteroatoms. The van der Waals surface area contributed by atoms with E-state index < -0.39 is 11.5 Å². The van der Waals surface area contributed by atoms with Crippen molar-refractivity contribution in [1.82, 2.24) is 9.89 Å². The fourth-order valence-electron chi connectivity index (χ4n) is 3.68. The summed E-state index contributed by atoms with van der Waals surface area (Å²) in [5.41, 5.74) is 2.87. The Morgan fingerprint density at radius 3 is 2.52 bits per heavy atom. The summed E-state index contributed by atoms with van der Waals surface area (Å²) in [4.78, 5) is 28.8. The van der Waals surface area contributed by atoms with Crippen molar-refractivity contribution in [2.75, 3.05) is 50.8 Å². The second-order valence-electron chi connectivity index (χ2n) is 7.05. The van der Waals surface area contributed by atoms with Gasteiger partial charge in [0.15, 0.2) is 17.3 Å². The average Bonchev–Trinajstić information content (AvgIpc) is 2.81. The first kappa shape index (κ1) is 20.7. The lowest BCUT2D eigenvalue weighted by Crippen LogP contribution is -2.41. The van der Waals surface area contributed by atoms with Gasteiger partial charge in [-0.3, -0.25) is 9.59 Å². The van der Waals surface area contributed by atoms with E-state index in [1.54, 1.807) is 30.3 Å². The summed E-state index contributed by atoms with van der Waals surface area (Å²) in [5.74, 6) is 1.25. The highest BCUT2D eigenvalue weighted by Crippen LogP contribution is 2.31. The largest absolute Gasteiger partial charge is 0.493 e. The van der Waals surface area contributed by atoms with Gasteiger partial charge >= 0.3 is 0 Å². The van der Waals surface area contributed by atoms with E-state index in [0.717, 1.165) is 10.2 Å². The molecule has 3 aromatic rings. The number of nitrogens with zero attached hydrogens (tertiary/aromatic N) is 3. The van der Waals surface area contributed by atoms with Crippen LogP contribution in [0.15, 0.2) is 47.3 Å². The number of benzene rings is 2. The zero-order valence-corrected chi connectivity index (χ0v) is 17.5. The molecule has 1 aliphatic rings. The first-order valence-corrected chi connectivity index (χ1v) is 9.97. The smallest absolute Gasteiger partial charge is 0.294 e. The number of hydrogen-bond acceptors (Lipinski definition) is 7. The van der Waals surface area contributed by atoms with Crippen molar-refractivity contribution in [2.24, 2.45) is 0 Å². The van der Waals surface area contributed by atoms with Gasteiger partial charge in [-0.2, -0.15) is 0 Å². The van der Waals surface area contributed by atoms with Crippen LogP contribution in [0.3, 0.4) is 0 Å². The van der Waals surface area contributed by atoms with E-state index in [9.17, 15) is 9.59 Å². The van der Waals surface area contributed by atoms with E-state index in [1.807, 2.05) is 12.1 Å². The molecule has 2 aromatic carbocycles. The number of ether oxygens (including phenoxy) is 3. The van der Waals surface area contributed by atoms with Crippen LogP contribution >= 0.6 is 0 Å². The van der Waals surface area contributed by atoms with Crippen molar-refractivity contribution in [2.45, 2.75) is 6.42 Å². The van der Waals surface area contributed by atoms with E-state index >= 15 is 0 Å². The fourth-order valence-corrected chi connectivity index (χ4v) is 3.68. The lowest BCUT2D eigenvalue weighted by Gasteiger charge is -2.29. The number of nitrogens with one attached hydrogen (secondary N) is 1. The Bertz CT molecular complexity index is 1150. The molecule has 0 saturated carbocycles. The zero-order valence-electron chi connectivity index (χ0n) is 17.5. The van der Waals surface area contributed by atoms with Crippen LogP contribution in [0.2, 0.25) is 0 Å². The molecule has 1 aromatic heterocycles. The summed E-state index contributed by atoms with van der Waals surface area (Å²) in [6.07, 6.45) is -0.00575. The lowest BCUT2D eigenvalue weighted by atomic mass is 10.1. The third-order valence-corrected chi connectivity index (χ3v) is 5.16. The molecular formula is C22H24N4O5. The molecule has 9 nitrogen and oxygen atoms in total. The second-order valence-corrected chi connectivity index (χ2v) is 7.05. The molecule has 1 fully saturated rings. The first-order valence-electron chi connectivity index (χ1n) is 9.97. The molecule has 0 spiro atoms. The highest BCUT2D eigenvalue weighted by atomic mass is 16.5. The normalized spacial score (nSPS) is 13.8. The molecule has 31 heavy (non-hydrogen) atoms. The van der Waals surface area contributed by atoms with Crippen LogP contribution in [-0.2, 0) is 16.0 Å². The number of aromatic nitrogens is 2. The molecule has 0 unspecified atom stereocenters. The molecule has 4 rings (SSSR count). The third-order valence-electron chi connectivity index (χ3n) is 5.16. The van der Waals surface area contributed by atoms with Gasteiger partial charge in [-0.1, -0.05) is 30.3 Å². The summed E-state index contributed by atoms with van der Waals surface area (Å²) in [5, 5.41) is 5.70. The van der Waals surface area contributed by atoms with Gasteiger partial charge in [-0.25, -0.2) is 5.43 Å². The third kappa shape index (κ3) is 4.17. The molecular weight excluding hydrogens is 400 g/mol. The van der Waals surface area contributed by atoms with Crippen LogP contribution < -0.4 is 25.4 Å². The Hall–Kier alpha value is -3.59. The number of amides is 1. The highest BCUT2D eigenvalue weighted by Gasteiger charge is 2.20. The number of methoxy groups -OCH3 is 2. The Labute approximate surface area is 179 Å². The number of fused-ring (bicyclic) bond motifs is 1. The molecule has 1 aliphatic heterocycles. The number of carbonyl (C=O) groups excluding carboxylic acids is 1. The van der Waals surface area contributed by atoms with Crippen LogP contribution in [0.5, 0.6) is 11.5 Å². The maximum atomic E-state index is 13.0. The SMILES string of the molecule is COc1cccc(CC(=O)Nn2nc(N3CCOCC3)c3ccccc3c2=O)c1OC. The maximum Gasteiger partial charge on any atom is 0.294 e. The number of hydrogen-bond donors (Lipinski definition) is 1. The van der Waals surface area contributed by atoms with Crippen LogP contribution in [0, 0.1) is 0 Å². The summed E-state index contributed by atoms with van der Waals surface area (Å²) in [6.45, 7) is 2.47. The minimum absolute atomic E-state index is 0.00575. The number of carbonyl (C=O) groups is 1. The number of para-hydroxylation sites is 1. The van der Waals surface area contributed by atoms with Crippen molar-refractivity contribution >= 4 is 22.5 Å². The van der Waals surface area contributed by atoms with Gasteiger partial charge < -0.3 is 19.1 Å². The van der Waals surface area contributed by atoms with Gasteiger partial charge in [0.25, 0.3) is 5.56 Å². The summed E-state index contributed by atoms with van der Waals surface area (Å²) in [6, 6.07) is 12.6. The minimum Gasteiger partial charge on any atom is -0.493 e. The van der Waals surface area contributed by atoms with E-state index in [2.05, 4.69) is 15.4 Å². The van der Waals surface area contributed by atoms with Crippen LogP contribution in [-0.4, -0.2) is 56.3 Å². The van der Waals surface area contributed by atoms with Gasteiger partial charge in [0, 0.05) is 24.0 Å². The number of anilines is 1. The fraction of sp³-hybridized carbons (Fsp3) is 0.318. The highest BCUT2D eigenvalue weighted by molar-refractivity contribution is 5.92. The lowest BCUT2D eigenvalue weighted by molar-refractivity contribution is -0.116. The Morgan fingerprint density at radius 1 is 1.06 bits per heavy atom. The van der Waals surface area contributed by atoms with E-state index in [1.165, 1.54) is 14.2 Å². The summed E-state index contributed by atoms with van der Waals surface area (Å²) in [7, 11) is 3.05. The Kier molecular flexibility index (Phi) is 6.03. The van der Waals surface area contributed by atoms with Crippen LogP contribution in [0.1, 0.15) is 5.56 Å². The molecule has 162 valence electrons. The molecule has 0 atom stereocenters. The quantitative estimate of drug-likeness (QED) is 0.642. The van der Waals surface area contributed by atoms with E-state index in [4.69, 9.17) is 14.2 Å².